The van der Waals surface area contributed by atoms with E-state index in [2.05, 4.69) is 122 Å². The van der Waals surface area contributed by atoms with Gasteiger partial charge in [0.15, 0.2) is 0 Å². The first-order valence-electron chi connectivity index (χ1n) is 48.6. The summed E-state index contributed by atoms with van der Waals surface area (Å²) in [5, 5.41) is 54.8. The third-order valence-corrected chi connectivity index (χ3v) is 34.3. The van der Waals surface area contributed by atoms with Crippen molar-refractivity contribution >= 4 is 17.9 Å². The van der Waals surface area contributed by atoms with E-state index in [1.54, 1.807) is 16.7 Å². The summed E-state index contributed by atoms with van der Waals surface area (Å²) in [5.74, 6) is 12.7. The summed E-state index contributed by atoms with van der Waals surface area (Å²) in [4.78, 5) is 48.0. The van der Waals surface area contributed by atoms with E-state index in [0.717, 1.165) is 145 Å². The molecule has 0 heterocycles. The van der Waals surface area contributed by atoms with Crippen LogP contribution in [0.1, 0.15) is 316 Å². The number of hydrogen-bond donors (Lipinski definition) is 4. The van der Waals surface area contributed by atoms with Crippen LogP contribution in [-0.2, 0) is 99.1 Å². The summed E-state index contributed by atoms with van der Waals surface area (Å²) in [5.41, 5.74) is 7.78. The van der Waals surface area contributed by atoms with Crippen LogP contribution < -0.4 is 24.0 Å². The molecule has 12 rings (SSSR count). The predicted molar refractivity (Wildman–Crippen MR) is 492 cm³/mol. The number of carbonyl (C=O) groups is 3. The van der Waals surface area contributed by atoms with Crippen LogP contribution in [0.5, 0.6) is 0 Å². The third kappa shape index (κ3) is 34.8. The summed E-state index contributed by atoms with van der Waals surface area (Å²) in [6, 6.07) is 0. The van der Waals surface area contributed by atoms with Crippen LogP contribution in [0.3, 0.4) is 0 Å². The molecule has 12 N–H and O–H groups in total. The molecule has 0 aromatic heterocycles. The van der Waals surface area contributed by atoms with E-state index >= 15 is 0 Å². The Bertz CT molecular complexity index is 3000. The first kappa shape index (κ1) is 124. The van der Waals surface area contributed by atoms with E-state index < -0.39 is 28.1 Å². The molecule has 27 nitrogen and oxygen atoms in total. The number of nitrogens with two attached hydrogens (primary N) is 4. The van der Waals surface area contributed by atoms with Crippen LogP contribution in [0.15, 0.2) is 34.9 Å². The molecular weight excluding hydrogens is 2010 g/mol. The Balaban J connectivity index is 0.000000903. The second kappa shape index (κ2) is 59.7. The average molecular weight is 2180 g/mol. The summed E-state index contributed by atoms with van der Waals surface area (Å²) >= 11 is 0. The maximum absolute atomic E-state index is 10.5. The zero-order valence-corrected chi connectivity index (χ0v) is 86.9. The first-order valence-corrected chi connectivity index (χ1v) is 48.6. The molecule has 0 aliphatic heterocycles. The number of carboxylic acids is 3. The number of carbonyl (C=O) groups excluding carboxylic acids is 1. The van der Waals surface area contributed by atoms with Crippen molar-refractivity contribution in [1.82, 2.24) is 0 Å². The molecule has 9 fully saturated rings. The van der Waals surface area contributed by atoms with Gasteiger partial charge in [-0.05, 0) is 293 Å². The molecule has 30 heteroatoms. The molecule has 0 aromatic rings. The van der Waals surface area contributed by atoms with Gasteiger partial charge in [-0.15, -0.1) is 20.2 Å². The molecule has 0 bridgehead atoms. The molecule has 12 aliphatic carbocycles. The van der Waals surface area contributed by atoms with Gasteiger partial charge in [0.25, 0.3) is 10.2 Å². The minimum Gasteiger partial charge on any atom is -0.693 e. The smallest absolute Gasteiger partial charge is 0.693 e. The normalized spacial score (nSPS) is 33.3. The van der Waals surface area contributed by atoms with E-state index in [0.29, 0.717) is 123 Å². The van der Waals surface area contributed by atoms with Gasteiger partial charge in [-0.1, -0.05) is 197 Å². The fraction of sp³-hybridized carbons (Fsp3) is 0.909. The molecule has 0 aromatic carbocycles. The van der Waals surface area contributed by atoms with Crippen molar-refractivity contribution in [2.24, 2.45) is 139 Å². The molecule has 750 valence electrons. The molecule has 9 saturated carbocycles. The SMILES string of the molecule is CC(C)CCC[C@@H](C)[C@H]1CC[C@H]2[C@@H]3CC=C4C[C@@H](OCCOCCOCC(=O)O)CC[C@]4(C)[C@H]3CC[C@]12C.CC(C)CCC[C@@H](C)[C@H]1CC[C@H]2[C@@H]3CC=C4C[C@@H](OCCOCCOCC(=O)O)CC[C@]4(C)[C@H]3CC[C@]12C.CC(C)CCC[C@@H](C)[C@H]1CC[C@H]2[C@@H]3CC=C4C[C@@H](OCCOCCOCC(=O)[O-])CC[C@]4(C)[C@H]3CC[C@]12C.O=[N+]([O-])O.O=[N+]([O-])O.[Li+].[NH2-].[NH2-].[NH2-].[NH2-].[Pt+2].[Pt+2]. The van der Waals surface area contributed by atoms with Gasteiger partial charge in [0, 0.05) is 0 Å². The zero-order valence-electron chi connectivity index (χ0n) is 82.4. The van der Waals surface area contributed by atoms with Gasteiger partial charge in [-0.2, -0.15) is 0 Å². The molecule has 0 saturated heterocycles. The third-order valence-electron chi connectivity index (χ3n) is 34.3. The minimum absolute atomic E-state index is 0. The second-order valence-electron chi connectivity index (χ2n) is 42.7. The summed E-state index contributed by atoms with van der Waals surface area (Å²) in [6.45, 7) is 42.3. The summed E-state index contributed by atoms with van der Waals surface area (Å²) < 4.78 is 50.3. The van der Waals surface area contributed by atoms with Crippen molar-refractivity contribution in [2.75, 3.05) is 99.1 Å². The second-order valence-corrected chi connectivity index (χ2v) is 42.7. The number of aliphatic carboxylic acids is 3. The van der Waals surface area contributed by atoms with Crippen LogP contribution in [-0.4, -0.2) is 166 Å². The van der Waals surface area contributed by atoms with Crippen molar-refractivity contribution in [3.05, 3.63) is 79.8 Å². The number of ether oxygens (including phenoxy) is 9. The van der Waals surface area contributed by atoms with E-state index in [1.807, 2.05) is 0 Å². The summed E-state index contributed by atoms with van der Waals surface area (Å²) in [6.07, 6.45) is 53.1. The van der Waals surface area contributed by atoms with E-state index in [1.165, 1.54) is 173 Å². The maximum atomic E-state index is 10.5. The molecular formula is C99H177LiN6O21Pt2. The Morgan fingerprint density at radius 1 is 0.372 bits per heavy atom. The van der Waals surface area contributed by atoms with E-state index in [-0.39, 0.29) is 112 Å². The quantitative estimate of drug-likeness (QED) is 0.0145. The molecule has 12 aliphatic rings. The van der Waals surface area contributed by atoms with Crippen molar-refractivity contribution in [3.63, 3.8) is 0 Å². The van der Waals surface area contributed by atoms with Crippen LogP contribution >= 0.6 is 0 Å². The Labute approximate surface area is 818 Å². The number of fused-ring (bicyclic) bond motifs is 15. The number of allylic oxidation sites excluding steroid dienone is 3. The number of carboxylic acid groups (broad SMARTS) is 3. The van der Waals surface area contributed by atoms with Crippen molar-refractivity contribution < 1.29 is 154 Å². The van der Waals surface area contributed by atoms with Gasteiger partial charge in [0.1, 0.15) is 13.2 Å². The van der Waals surface area contributed by atoms with E-state index in [9.17, 15) is 19.5 Å². The van der Waals surface area contributed by atoms with Gasteiger partial charge in [-0.25, -0.2) is 9.59 Å². The summed E-state index contributed by atoms with van der Waals surface area (Å²) in [7, 11) is 0. The number of hydrogen-bond acceptors (Lipinski definition) is 17. The van der Waals surface area contributed by atoms with Gasteiger partial charge < -0.3 is 97.8 Å². The fourth-order valence-corrected chi connectivity index (χ4v) is 28.3. The van der Waals surface area contributed by atoms with Crippen LogP contribution in [0.4, 0.5) is 0 Å². The van der Waals surface area contributed by atoms with Gasteiger partial charge in [0.05, 0.1) is 110 Å². The van der Waals surface area contributed by atoms with Gasteiger partial charge in [0.2, 0.25) is 0 Å². The van der Waals surface area contributed by atoms with Crippen LogP contribution in [0, 0.1) is 159 Å². The number of rotatable bonds is 42. The average Bonchev–Trinajstić information content (AvgIpc) is 1.65. The maximum Gasteiger partial charge on any atom is 2.00 e. The monoisotopic (exact) mass is 2180 g/mol. The largest absolute Gasteiger partial charge is 2.00 e. The fourth-order valence-electron chi connectivity index (χ4n) is 28.3. The van der Waals surface area contributed by atoms with Crippen LogP contribution in [0.2, 0.25) is 0 Å². The Morgan fingerprint density at radius 3 is 0.853 bits per heavy atom. The number of nitrogens with zero attached hydrogens (tertiary/aromatic N) is 2. The molecule has 129 heavy (non-hydrogen) atoms. The molecule has 0 spiro atoms. The molecule has 0 radical (unpaired) electrons. The van der Waals surface area contributed by atoms with Crippen LogP contribution in [0.25, 0.3) is 24.6 Å². The Morgan fingerprint density at radius 2 is 0.612 bits per heavy atom. The topological polar surface area (TPSA) is 459 Å². The molecule has 0 amide bonds. The van der Waals surface area contributed by atoms with Crippen molar-refractivity contribution in [3.8, 4) is 0 Å². The predicted octanol–water partition coefficient (Wildman–Crippen LogP) is 20.4. The first-order chi connectivity index (χ1) is 57.9. The van der Waals surface area contributed by atoms with Crippen molar-refractivity contribution in [1.29, 1.82) is 0 Å². The Hall–Kier alpha value is -2.52. The van der Waals surface area contributed by atoms with Gasteiger partial charge >= 0.3 is 72.9 Å². The van der Waals surface area contributed by atoms with E-state index in [4.69, 9.17) is 83.5 Å². The zero-order chi connectivity index (χ0) is 89.2. The molecule has 24 atom stereocenters. The van der Waals surface area contributed by atoms with Crippen molar-refractivity contribution in [2.45, 2.75) is 334 Å². The molecule has 0 unspecified atom stereocenters. The Kier molecular flexibility index (Phi) is 57.6. The minimum atomic E-state index is -1.50. The standard InChI is InChI=1S/3C33H56O5.Li.2HNO3.4H2N.2Pt/c3*1-23(2)7-6-8-24(3)28-11-12-29-27-10-9-25-21-26(38-20-19-36-17-18-37-22-31(34)35)13-15-32(25,4)30(27)14-16-33(28,29)5;;2*2-1(3)4;;;;;;/h3*9,23-24,26-30H,6-8,10-22H2,1-5H3,(H,34,35);;2*(H,2,3,4);4*1H2;;/q;;;+1;;;4*-1;2*+2/p-1/t3*24-,26+,27+,28-,29+,30+,32+,33-;;;;;;;;;/m111........./s1. The van der Waals surface area contributed by atoms with Gasteiger partial charge in [-0.3, -0.25) is 0 Å².